The van der Waals surface area contributed by atoms with Crippen molar-refractivity contribution in [1.82, 2.24) is 4.90 Å². The van der Waals surface area contributed by atoms with Crippen LogP contribution in [0.3, 0.4) is 0 Å². The van der Waals surface area contributed by atoms with Gasteiger partial charge in [-0.05, 0) is 44.0 Å². The molecule has 1 heterocycles. The van der Waals surface area contributed by atoms with E-state index >= 15 is 0 Å². The fourth-order valence-corrected chi connectivity index (χ4v) is 2.78. The molecule has 0 radical (unpaired) electrons. The molecule has 2 atom stereocenters. The Labute approximate surface area is 107 Å². The van der Waals surface area contributed by atoms with E-state index in [0.29, 0.717) is 18.0 Å². The van der Waals surface area contributed by atoms with E-state index in [9.17, 15) is 9.50 Å². The Balaban J connectivity index is 2.35. The molecule has 0 saturated carbocycles. The summed E-state index contributed by atoms with van der Waals surface area (Å²) in [6.07, 6.45) is 1.65. The number of aromatic hydroxyl groups is 1. The average Bonchev–Trinajstić information content (AvgIpc) is 2.74. The second-order valence-electron chi connectivity index (χ2n) is 5.16. The number of benzene rings is 1. The molecular weight excluding hydrogens is 231 g/mol. The molecule has 18 heavy (non-hydrogen) atoms. The molecule has 1 aromatic rings. The summed E-state index contributed by atoms with van der Waals surface area (Å²) < 4.78 is 13.7. The van der Waals surface area contributed by atoms with Crippen LogP contribution in [0.15, 0.2) is 12.1 Å². The zero-order chi connectivity index (χ0) is 13.3. The molecule has 1 aliphatic rings. The molecule has 0 bridgehead atoms. The number of hydrogen-bond acceptors (Lipinski definition) is 3. The van der Waals surface area contributed by atoms with Gasteiger partial charge in [-0.15, -0.1) is 0 Å². The smallest absolute Gasteiger partial charge is 0.165 e. The maximum absolute atomic E-state index is 13.7. The number of likely N-dealkylation sites (tertiary alicyclic amines) is 1. The van der Waals surface area contributed by atoms with Crippen molar-refractivity contribution in [3.8, 4) is 5.75 Å². The van der Waals surface area contributed by atoms with Gasteiger partial charge in [-0.2, -0.15) is 0 Å². The van der Waals surface area contributed by atoms with Gasteiger partial charge in [0.05, 0.1) is 0 Å². The molecule has 0 aliphatic carbocycles. The van der Waals surface area contributed by atoms with Gasteiger partial charge < -0.3 is 10.8 Å². The maximum Gasteiger partial charge on any atom is 0.165 e. The Morgan fingerprint density at radius 2 is 2.22 bits per heavy atom. The lowest BCUT2D eigenvalue weighted by Gasteiger charge is -2.21. The topological polar surface area (TPSA) is 49.5 Å². The molecule has 0 spiro atoms. The minimum Gasteiger partial charge on any atom is -0.505 e. The molecule has 1 aliphatic heterocycles. The highest BCUT2D eigenvalue weighted by molar-refractivity contribution is 5.40. The first-order valence-corrected chi connectivity index (χ1v) is 6.48. The summed E-state index contributed by atoms with van der Waals surface area (Å²) >= 11 is 0. The second-order valence-corrected chi connectivity index (χ2v) is 5.16. The largest absolute Gasteiger partial charge is 0.505 e. The molecule has 2 unspecified atom stereocenters. The number of nitrogens with zero attached hydrogens (tertiary/aromatic N) is 1. The van der Waals surface area contributed by atoms with E-state index in [1.807, 2.05) is 20.0 Å². The summed E-state index contributed by atoms with van der Waals surface area (Å²) in [5, 5.41) is 9.92. The molecule has 4 heteroatoms. The molecule has 0 amide bonds. The van der Waals surface area contributed by atoms with Gasteiger partial charge in [-0.3, -0.25) is 4.90 Å². The van der Waals surface area contributed by atoms with Crippen LogP contribution in [0.2, 0.25) is 0 Å². The van der Waals surface area contributed by atoms with Crippen LogP contribution in [0, 0.1) is 11.7 Å². The number of phenolic OH excluding ortho intramolecular Hbond substituents is 1. The molecule has 0 aromatic heterocycles. The summed E-state index contributed by atoms with van der Waals surface area (Å²) in [4.78, 5) is 2.14. The van der Waals surface area contributed by atoms with E-state index in [2.05, 4.69) is 4.90 Å². The summed E-state index contributed by atoms with van der Waals surface area (Å²) in [6.45, 7) is 3.52. The molecular formula is C14H21FN2O. The van der Waals surface area contributed by atoms with E-state index in [-0.39, 0.29) is 11.8 Å². The summed E-state index contributed by atoms with van der Waals surface area (Å²) in [6, 6.07) is 3.40. The lowest BCUT2D eigenvalue weighted by molar-refractivity contribution is 0.302. The van der Waals surface area contributed by atoms with Crippen LogP contribution in [-0.4, -0.2) is 30.1 Å². The molecule has 1 saturated heterocycles. The third kappa shape index (κ3) is 2.35. The van der Waals surface area contributed by atoms with Crippen molar-refractivity contribution in [1.29, 1.82) is 0 Å². The molecule has 3 N–H and O–H groups in total. The summed E-state index contributed by atoms with van der Waals surface area (Å²) in [5.41, 5.74) is 7.32. The average molecular weight is 252 g/mol. The van der Waals surface area contributed by atoms with Crippen molar-refractivity contribution in [2.24, 2.45) is 11.7 Å². The second kappa shape index (κ2) is 5.24. The number of hydrogen-bond donors (Lipinski definition) is 2. The Morgan fingerprint density at radius 1 is 1.50 bits per heavy atom. The fourth-order valence-electron chi connectivity index (χ4n) is 2.78. The molecule has 1 aromatic carbocycles. The first kappa shape index (κ1) is 13.3. The normalized spacial score (nSPS) is 24.7. The molecule has 2 rings (SSSR count). The van der Waals surface area contributed by atoms with Gasteiger partial charge in [0, 0.05) is 18.2 Å². The Kier molecular flexibility index (Phi) is 3.88. The Bertz CT molecular complexity index is 436. The van der Waals surface area contributed by atoms with Gasteiger partial charge in [0.1, 0.15) is 0 Å². The van der Waals surface area contributed by atoms with Crippen LogP contribution >= 0.6 is 0 Å². The number of phenols is 1. The highest BCUT2D eigenvalue weighted by Crippen LogP contribution is 2.39. The van der Waals surface area contributed by atoms with E-state index in [0.717, 1.165) is 24.9 Å². The number of rotatable bonds is 3. The highest BCUT2D eigenvalue weighted by atomic mass is 19.1. The SMILES string of the molecule is CCc1cc(F)c(O)c(C2CC(CN)CN2C)c1. The van der Waals surface area contributed by atoms with Gasteiger partial charge >= 0.3 is 0 Å². The third-order valence-corrected chi connectivity index (χ3v) is 3.89. The van der Waals surface area contributed by atoms with Crippen molar-refractivity contribution >= 4 is 0 Å². The van der Waals surface area contributed by atoms with Crippen LogP contribution in [-0.2, 0) is 6.42 Å². The summed E-state index contributed by atoms with van der Waals surface area (Å²) in [7, 11) is 2.00. The van der Waals surface area contributed by atoms with Gasteiger partial charge in [-0.25, -0.2) is 4.39 Å². The first-order chi connectivity index (χ1) is 8.56. The number of nitrogens with two attached hydrogens (primary N) is 1. The van der Waals surface area contributed by atoms with Crippen molar-refractivity contribution in [2.75, 3.05) is 20.1 Å². The van der Waals surface area contributed by atoms with Gasteiger partial charge in [0.2, 0.25) is 0 Å². The van der Waals surface area contributed by atoms with Gasteiger partial charge in [0.25, 0.3) is 0 Å². The zero-order valence-corrected chi connectivity index (χ0v) is 11.0. The maximum atomic E-state index is 13.7. The van der Waals surface area contributed by atoms with Gasteiger partial charge in [-0.1, -0.05) is 13.0 Å². The van der Waals surface area contributed by atoms with E-state index in [1.165, 1.54) is 6.07 Å². The van der Waals surface area contributed by atoms with Crippen molar-refractivity contribution in [3.63, 3.8) is 0 Å². The van der Waals surface area contributed by atoms with Crippen LogP contribution < -0.4 is 5.73 Å². The molecule has 100 valence electrons. The van der Waals surface area contributed by atoms with Crippen LogP contribution in [0.5, 0.6) is 5.75 Å². The minimum absolute atomic E-state index is 0.0690. The predicted octanol–water partition coefficient (Wildman–Crippen LogP) is 2.05. The minimum atomic E-state index is -0.519. The Morgan fingerprint density at radius 3 is 2.78 bits per heavy atom. The van der Waals surface area contributed by atoms with Gasteiger partial charge in [0.15, 0.2) is 11.6 Å². The molecule has 3 nitrogen and oxygen atoms in total. The van der Waals surface area contributed by atoms with Crippen LogP contribution in [0.4, 0.5) is 4.39 Å². The molecule has 1 fully saturated rings. The number of halogens is 1. The summed E-state index contributed by atoms with van der Waals surface area (Å²) in [5.74, 6) is -0.302. The lowest BCUT2D eigenvalue weighted by Crippen LogP contribution is -2.20. The lowest BCUT2D eigenvalue weighted by atomic mass is 9.96. The fraction of sp³-hybridized carbons (Fsp3) is 0.571. The quantitative estimate of drug-likeness (QED) is 0.865. The van der Waals surface area contributed by atoms with Crippen molar-refractivity contribution < 1.29 is 9.50 Å². The highest BCUT2D eigenvalue weighted by Gasteiger charge is 2.32. The van der Waals surface area contributed by atoms with Crippen LogP contribution in [0.1, 0.15) is 30.5 Å². The van der Waals surface area contributed by atoms with E-state index in [1.54, 1.807) is 0 Å². The standard InChI is InChI=1S/C14H21FN2O/c1-3-9-4-11(14(18)12(15)5-9)13-6-10(7-16)8-17(13)2/h4-5,10,13,18H,3,6-8,16H2,1-2H3. The first-order valence-electron chi connectivity index (χ1n) is 6.48. The third-order valence-electron chi connectivity index (χ3n) is 3.89. The zero-order valence-electron chi connectivity index (χ0n) is 11.0. The van der Waals surface area contributed by atoms with Crippen molar-refractivity contribution in [3.05, 3.63) is 29.1 Å². The Hall–Kier alpha value is -1.13. The predicted molar refractivity (Wildman–Crippen MR) is 70.0 cm³/mol. The van der Waals surface area contributed by atoms with Crippen molar-refractivity contribution in [2.45, 2.75) is 25.8 Å². The van der Waals surface area contributed by atoms with E-state index < -0.39 is 5.82 Å². The number of aryl methyl sites for hydroxylation is 1. The van der Waals surface area contributed by atoms with E-state index in [4.69, 9.17) is 5.73 Å². The van der Waals surface area contributed by atoms with Crippen LogP contribution in [0.25, 0.3) is 0 Å². The monoisotopic (exact) mass is 252 g/mol.